The van der Waals surface area contributed by atoms with Crippen molar-refractivity contribution in [1.82, 2.24) is 20.1 Å². The normalized spacial score (nSPS) is 14.2. The molecule has 0 aliphatic carbocycles. The molecule has 110 valence electrons. The maximum atomic E-state index is 4.69. The summed E-state index contributed by atoms with van der Waals surface area (Å²) in [7, 11) is 0. The van der Waals surface area contributed by atoms with Crippen LogP contribution in [0.15, 0.2) is 40.7 Å². The first-order valence-electron chi connectivity index (χ1n) is 6.93. The molecule has 0 saturated carbocycles. The Morgan fingerprint density at radius 1 is 1.33 bits per heavy atom. The van der Waals surface area contributed by atoms with Crippen molar-refractivity contribution in [2.75, 3.05) is 0 Å². The van der Waals surface area contributed by atoms with Gasteiger partial charge in [0, 0.05) is 41.3 Å². The second kappa shape index (κ2) is 6.51. The van der Waals surface area contributed by atoms with Gasteiger partial charge in [0.15, 0.2) is 0 Å². The molecular weight excluding hydrogens is 300 g/mol. The third-order valence-corrected chi connectivity index (χ3v) is 5.21. The van der Waals surface area contributed by atoms with E-state index in [0.717, 1.165) is 17.2 Å². The minimum Gasteiger partial charge on any atom is -0.306 e. The van der Waals surface area contributed by atoms with Gasteiger partial charge in [-0.25, -0.2) is 4.98 Å². The Kier molecular flexibility index (Phi) is 4.48. The number of aromatic nitrogens is 3. The largest absolute Gasteiger partial charge is 0.306 e. The molecule has 0 aromatic carbocycles. The fourth-order valence-corrected chi connectivity index (χ4v) is 3.63. The predicted octanol–water partition coefficient (Wildman–Crippen LogP) is 3.81. The molecule has 21 heavy (non-hydrogen) atoms. The van der Waals surface area contributed by atoms with Crippen LogP contribution in [0.25, 0.3) is 10.6 Å². The van der Waals surface area contributed by atoms with E-state index in [4.69, 9.17) is 0 Å². The van der Waals surface area contributed by atoms with Gasteiger partial charge in [0.05, 0.1) is 11.7 Å². The Balaban J connectivity index is 1.58. The van der Waals surface area contributed by atoms with Crippen LogP contribution < -0.4 is 5.32 Å². The Bertz CT molecular complexity index is 658. The third-order valence-electron chi connectivity index (χ3n) is 3.59. The molecule has 0 amide bonds. The molecule has 6 heteroatoms. The van der Waals surface area contributed by atoms with Crippen LogP contribution in [-0.2, 0) is 6.54 Å². The Hall–Kier alpha value is -1.50. The molecule has 0 aliphatic rings. The zero-order chi connectivity index (χ0) is 14.7. The molecular formula is C15H18N4S2. The number of nitrogens with zero attached hydrogens (tertiary/aromatic N) is 3. The molecule has 0 fully saturated rings. The molecule has 4 nitrogen and oxygen atoms in total. The van der Waals surface area contributed by atoms with Gasteiger partial charge in [-0.3, -0.25) is 4.68 Å². The Morgan fingerprint density at radius 3 is 2.95 bits per heavy atom. The molecule has 0 radical (unpaired) electrons. The van der Waals surface area contributed by atoms with Crippen molar-refractivity contribution in [3.63, 3.8) is 0 Å². The minimum atomic E-state index is 0.315. The highest BCUT2D eigenvalue weighted by molar-refractivity contribution is 7.14. The average Bonchev–Trinajstić information content (AvgIpc) is 3.25. The monoisotopic (exact) mass is 318 g/mol. The average molecular weight is 318 g/mol. The highest BCUT2D eigenvalue weighted by atomic mass is 32.1. The topological polar surface area (TPSA) is 42.7 Å². The SMILES string of the molecule is C[C@H](NCc1csc(-c2ccsc2)n1)[C@H](C)n1cccn1. The lowest BCUT2D eigenvalue weighted by Gasteiger charge is -2.21. The Morgan fingerprint density at radius 2 is 2.24 bits per heavy atom. The number of hydrogen-bond donors (Lipinski definition) is 1. The van der Waals surface area contributed by atoms with Crippen molar-refractivity contribution in [1.29, 1.82) is 0 Å². The highest BCUT2D eigenvalue weighted by Gasteiger charge is 2.14. The number of thiazole rings is 1. The third kappa shape index (κ3) is 3.40. The molecule has 3 aromatic heterocycles. The van der Waals surface area contributed by atoms with Crippen molar-refractivity contribution < 1.29 is 0 Å². The number of thiophene rings is 1. The fraction of sp³-hybridized carbons (Fsp3) is 0.333. The molecule has 2 atom stereocenters. The summed E-state index contributed by atoms with van der Waals surface area (Å²) in [5, 5.41) is 15.3. The standard InChI is InChI=1S/C15H18N4S2/c1-11(12(2)19-6-3-5-17-19)16-8-14-10-21-15(18-14)13-4-7-20-9-13/h3-7,9-12,16H,8H2,1-2H3/t11-,12-/m0/s1. The van der Waals surface area contributed by atoms with Crippen LogP contribution in [0.1, 0.15) is 25.6 Å². The van der Waals surface area contributed by atoms with Crippen LogP contribution in [0.3, 0.4) is 0 Å². The second-order valence-electron chi connectivity index (χ2n) is 5.05. The molecule has 3 aromatic rings. The van der Waals surface area contributed by atoms with Crippen molar-refractivity contribution in [3.8, 4) is 10.6 Å². The van der Waals surface area contributed by atoms with Crippen LogP contribution in [-0.4, -0.2) is 20.8 Å². The van der Waals surface area contributed by atoms with E-state index in [0.29, 0.717) is 12.1 Å². The van der Waals surface area contributed by atoms with Gasteiger partial charge in [-0.2, -0.15) is 16.4 Å². The second-order valence-corrected chi connectivity index (χ2v) is 6.69. The number of rotatable bonds is 6. The first-order valence-corrected chi connectivity index (χ1v) is 8.76. The van der Waals surface area contributed by atoms with Crippen molar-refractivity contribution >= 4 is 22.7 Å². The lowest BCUT2D eigenvalue weighted by Crippen LogP contribution is -2.33. The van der Waals surface area contributed by atoms with E-state index in [1.165, 1.54) is 5.56 Å². The predicted molar refractivity (Wildman–Crippen MR) is 88.7 cm³/mol. The van der Waals surface area contributed by atoms with E-state index in [2.05, 4.69) is 51.5 Å². The maximum Gasteiger partial charge on any atom is 0.124 e. The molecule has 0 aliphatic heterocycles. The summed E-state index contributed by atoms with van der Waals surface area (Å²) in [5.41, 5.74) is 2.31. The summed E-state index contributed by atoms with van der Waals surface area (Å²) in [5.74, 6) is 0. The first kappa shape index (κ1) is 14.4. The quantitative estimate of drug-likeness (QED) is 0.751. The minimum absolute atomic E-state index is 0.315. The first-order chi connectivity index (χ1) is 10.2. The van der Waals surface area contributed by atoms with Crippen LogP contribution in [0.5, 0.6) is 0 Å². The number of nitrogens with one attached hydrogen (secondary N) is 1. The van der Waals surface area contributed by atoms with Crippen molar-refractivity contribution in [2.24, 2.45) is 0 Å². The maximum absolute atomic E-state index is 4.69. The van der Waals surface area contributed by atoms with Crippen LogP contribution in [0.4, 0.5) is 0 Å². The van der Waals surface area contributed by atoms with E-state index in [1.54, 1.807) is 22.7 Å². The zero-order valence-corrected chi connectivity index (χ0v) is 13.7. The smallest absolute Gasteiger partial charge is 0.124 e. The number of hydrogen-bond acceptors (Lipinski definition) is 5. The van der Waals surface area contributed by atoms with Crippen molar-refractivity contribution in [3.05, 3.63) is 46.4 Å². The van der Waals surface area contributed by atoms with E-state index in [1.807, 2.05) is 23.1 Å². The molecule has 1 N–H and O–H groups in total. The highest BCUT2D eigenvalue weighted by Crippen LogP contribution is 2.25. The van der Waals surface area contributed by atoms with Gasteiger partial charge in [0.2, 0.25) is 0 Å². The summed E-state index contributed by atoms with van der Waals surface area (Å²) < 4.78 is 1.98. The van der Waals surface area contributed by atoms with Crippen LogP contribution in [0, 0.1) is 0 Å². The van der Waals surface area contributed by atoms with Gasteiger partial charge in [0.1, 0.15) is 5.01 Å². The van der Waals surface area contributed by atoms with Crippen LogP contribution >= 0.6 is 22.7 Å². The van der Waals surface area contributed by atoms with Gasteiger partial charge < -0.3 is 5.32 Å². The fourth-order valence-electron chi connectivity index (χ4n) is 2.09. The van der Waals surface area contributed by atoms with E-state index in [-0.39, 0.29) is 0 Å². The molecule has 3 heterocycles. The summed E-state index contributed by atoms with van der Waals surface area (Å²) in [6.45, 7) is 5.13. The molecule has 0 saturated heterocycles. The van der Waals surface area contributed by atoms with E-state index in [9.17, 15) is 0 Å². The van der Waals surface area contributed by atoms with E-state index >= 15 is 0 Å². The lowest BCUT2D eigenvalue weighted by atomic mass is 10.2. The van der Waals surface area contributed by atoms with Gasteiger partial charge >= 0.3 is 0 Å². The lowest BCUT2D eigenvalue weighted by molar-refractivity contribution is 0.364. The van der Waals surface area contributed by atoms with Gasteiger partial charge in [-0.15, -0.1) is 11.3 Å². The zero-order valence-electron chi connectivity index (χ0n) is 12.1. The van der Waals surface area contributed by atoms with E-state index < -0.39 is 0 Å². The Labute approximate surface area is 132 Å². The van der Waals surface area contributed by atoms with Gasteiger partial charge in [-0.1, -0.05) is 0 Å². The molecule has 0 bridgehead atoms. The van der Waals surface area contributed by atoms with Crippen LogP contribution in [0.2, 0.25) is 0 Å². The molecule has 0 unspecified atom stereocenters. The summed E-state index contributed by atoms with van der Waals surface area (Å²) in [6, 6.07) is 4.71. The summed E-state index contributed by atoms with van der Waals surface area (Å²) >= 11 is 3.41. The van der Waals surface area contributed by atoms with Gasteiger partial charge in [-0.05, 0) is 31.4 Å². The summed E-state index contributed by atoms with van der Waals surface area (Å²) in [4.78, 5) is 4.69. The molecule has 3 rings (SSSR count). The summed E-state index contributed by atoms with van der Waals surface area (Å²) in [6.07, 6.45) is 3.82. The molecule has 0 spiro atoms. The van der Waals surface area contributed by atoms with Gasteiger partial charge in [0.25, 0.3) is 0 Å². The van der Waals surface area contributed by atoms with Crippen molar-refractivity contribution in [2.45, 2.75) is 32.5 Å².